The van der Waals surface area contributed by atoms with Crippen molar-refractivity contribution in [2.75, 3.05) is 5.32 Å². The molecule has 2 rings (SSSR count). The molecule has 16 heavy (non-hydrogen) atoms. The highest BCUT2D eigenvalue weighted by Gasteiger charge is 2.03. The molecule has 2 aromatic rings. The Morgan fingerprint density at radius 3 is 2.75 bits per heavy atom. The van der Waals surface area contributed by atoms with E-state index in [0.29, 0.717) is 0 Å². The molecule has 0 atom stereocenters. The average molecular weight is 252 g/mol. The first kappa shape index (κ1) is 11.2. The Morgan fingerprint density at radius 1 is 1.31 bits per heavy atom. The first-order valence-electron chi connectivity index (χ1n) is 4.78. The summed E-state index contributed by atoms with van der Waals surface area (Å²) in [6, 6.07) is 11.5. The van der Waals surface area contributed by atoms with Crippen molar-refractivity contribution in [3.8, 4) is 10.4 Å². The Hall–Kier alpha value is -1.32. The lowest BCUT2D eigenvalue weighted by atomic mass is 10.1. The zero-order chi connectivity index (χ0) is 11.5. The molecular formula is C12H10ClNOS. The van der Waals surface area contributed by atoms with E-state index in [1.807, 2.05) is 36.4 Å². The fourth-order valence-electron chi connectivity index (χ4n) is 1.42. The molecule has 0 fully saturated rings. The summed E-state index contributed by atoms with van der Waals surface area (Å²) in [4.78, 5) is 12.0. The second-order valence-corrected chi connectivity index (χ2v) is 5.08. The van der Waals surface area contributed by atoms with Crippen molar-refractivity contribution in [3.63, 3.8) is 0 Å². The maximum atomic E-state index is 10.9. The van der Waals surface area contributed by atoms with Crippen LogP contribution in [0.15, 0.2) is 36.4 Å². The number of nitrogens with one attached hydrogen (secondary N) is 1. The second kappa shape index (κ2) is 4.68. The molecule has 1 N–H and O–H groups in total. The Kier molecular flexibility index (Phi) is 3.27. The van der Waals surface area contributed by atoms with Gasteiger partial charge in [0.15, 0.2) is 0 Å². The molecule has 1 aromatic heterocycles. The molecule has 0 unspecified atom stereocenters. The van der Waals surface area contributed by atoms with Gasteiger partial charge in [-0.25, -0.2) is 0 Å². The van der Waals surface area contributed by atoms with Crippen molar-refractivity contribution in [1.82, 2.24) is 0 Å². The number of halogens is 1. The summed E-state index contributed by atoms with van der Waals surface area (Å²) in [5.41, 5.74) is 1.86. The van der Waals surface area contributed by atoms with Gasteiger partial charge in [-0.3, -0.25) is 4.79 Å². The third kappa shape index (κ3) is 2.62. The molecule has 1 aromatic carbocycles. The fourth-order valence-corrected chi connectivity index (χ4v) is 2.46. The van der Waals surface area contributed by atoms with Crippen LogP contribution in [0.4, 0.5) is 5.69 Å². The zero-order valence-corrected chi connectivity index (χ0v) is 10.2. The molecule has 2 nitrogen and oxygen atoms in total. The Morgan fingerprint density at radius 2 is 2.12 bits per heavy atom. The molecule has 0 saturated heterocycles. The molecular weight excluding hydrogens is 242 g/mol. The van der Waals surface area contributed by atoms with E-state index in [2.05, 4.69) is 5.32 Å². The van der Waals surface area contributed by atoms with Crippen LogP contribution in [0.3, 0.4) is 0 Å². The molecule has 0 aliphatic heterocycles. The van der Waals surface area contributed by atoms with E-state index < -0.39 is 0 Å². The van der Waals surface area contributed by atoms with Gasteiger partial charge in [0.05, 0.1) is 4.34 Å². The second-order valence-electron chi connectivity index (χ2n) is 3.37. The van der Waals surface area contributed by atoms with E-state index in [9.17, 15) is 4.79 Å². The van der Waals surface area contributed by atoms with Crippen molar-refractivity contribution in [2.45, 2.75) is 6.92 Å². The van der Waals surface area contributed by atoms with Crippen LogP contribution in [0.2, 0.25) is 4.34 Å². The maximum absolute atomic E-state index is 10.9. The first-order valence-corrected chi connectivity index (χ1v) is 5.98. The predicted molar refractivity (Wildman–Crippen MR) is 69.1 cm³/mol. The van der Waals surface area contributed by atoms with Crippen molar-refractivity contribution in [2.24, 2.45) is 0 Å². The number of hydrogen-bond donors (Lipinski definition) is 1. The van der Waals surface area contributed by atoms with Crippen molar-refractivity contribution < 1.29 is 4.79 Å². The molecule has 4 heteroatoms. The van der Waals surface area contributed by atoms with Crippen LogP contribution in [0, 0.1) is 0 Å². The Bertz CT molecular complexity index is 521. The third-order valence-electron chi connectivity index (χ3n) is 2.04. The van der Waals surface area contributed by atoms with Gasteiger partial charge in [-0.15, -0.1) is 11.3 Å². The molecule has 0 aliphatic carbocycles. The van der Waals surface area contributed by atoms with Gasteiger partial charge < -0.3 is 5.32 Å². The van der Waals surface area contributed by atoms with Gasteiger partial charge in [0.2, 0.25) is 5.91 Å². The number of carbonyl (C=O) groups excluding carboxylic acids is 1. The largest absolute Gasteiger partial charge is 0.326 e. The number of benzene rings is 1. The number of hydrogen-bond acceptors (Lipinski definition) is 2. The zero-order valence-electron chi connectivity index (χ0n) is 8.66. The normalized spacial score (nSPS) is 10.1. The first-order chi connectivity index (χ1) is 7.65. The average Bonchev–Trinajstić information content (AvgIpc) is 2.64. The van der Waals surface area contributed by atoms with Crippen LogP contribution in [0.1, 0.15) is 6.92 Å². The number of carbonyl (C=O) groups is 1. The van der Waals surface area contributed by atoms with E-state index in [1.165, 1.54) is 18.3 Å². The SMILES string of the molecule is CC(=O)Nc1cccc(-c2ccc(Cl)s2)c1. The lowest BCUT2D eigenvalue weighted by molar-refractivity contribution is -0.114. The quantitative estimate of drug-likeness (QED) is 0.858. The molecule has 1 amide bonds. The number of thiophene rings is 1. The predicted octanol–water partition coefficient (Wildman–Crippen LogP) is 4.03. The van der Waals surface area contributed by atoms with E-state index >= 15 is 0 Å². The highest BCUT2D eigenvalue weighted by Crippen LogP contribution is 2.32. The van der Waals surface area contributed by atoms with E-state index in [-0.39, 0.29) is 5.91 Å². The third-order valence-corrected chi connectivity index (χ3v) is 3.32. The lowest BCUT2D eigenvalue weighted by Crippen LogP contribution is -2.05. The van der Waals surface area contributed by atoms with E-state index in [4.69, 9.17) is 11.6 Å². The van der Waals surface area contributed by atoms with Gasteiger partial charge in [0.25, 0.3) is 0 Å². The summed E-state index contributed by atoms with van der Waals surface area (Å²) >= 11 is 7.40. The summed E-state index contributed by atoms with van der Waals surface area (Å²) in [6.45, 7) is 1.49. The highest BCUT2D eigenvalue weighted by atomic mass is 35.5. The topological polar surface area (TPSA) is 29.1 Å². The van der Waals surface area contributed by atoms with Crippen LogP contribution < -0.4 is 5.32 Å². The van der Waals surface area contributed by atoms with E-state index in [0.717, 1.165) is 20.5 Å². The molecule has 0 bridgehead atoms. The standard InChI is InChI=1S/C12H10ClNOS/c1-8(15)14-10-4-2-3-9(7-10)11-5-6-12(13)16-11/h2-7H,1H3,(H,14,15). The van der Waals surface area contributed by atoms with Crippen LogP contribution in [0.25, 0.3) is 10.4 Å². The van der Waals surface area contributed by atoms with Crippen molar-refractivity contribution in [3.05, 3.63) is 40.7 Å². The Balaban J connectivity index is 2.32. The minimum atomic E-state index is -0.0682. The summed E-state index contributed by atoms with van der Waals surface area (Å²) < 4.78 is 0.764. The molecule has 0 aliphatic rings. The molecule has 0 radical (unpaired) electrons. The van der Waals surface area contributed by atoms with Crippen LogP contribution >= 0.6 is 22.9 Å². The summed E-state index contributed by atoms with van der Waals surface area (Å²) in [7, 11) is 0. The molecule has 1 heterocycles. The minimum Gasteiger partial charge on any atom is -0.326 e. The number of amides is 1. The van der Waals surface area contributed by atoms with Gasteiger partial charge >= 0.3 is 0 Å². The van der Waals surface area contributed by atoms with Gasteiger partial charge in [0.1, 0.15) is 0 Å². The summed E-state index contributed by atoms with van der Waals surface area (Å²) in [5.74, 6) is -0.0682. The van der Waals surface area contributed by atoms with Crippen molar-refractivity contribution in [1.29, 1.82) is 0 Å². The van der Waals surface area contributed by atoms with Gasteiger partial charge in [0, 0.05) is 17.5 Å². The van der Waals surface area contributed by atoms with Crippen LogP contribution in [0.5, 0.6) is 0 Å². The van der Waals surface area contributed by atoms with Gasteiger partial charge in [-0.05, 0) is 29.8 Å². The minimum absolute atomic E-state index is 0.0682. The molecule has 0 saturated carbocycles. The summed E-state index contributed by atoms with van der Waals surface area (Å²) in [6.07, 6.45) is 0. The smallest absolute Gasteiger partial charge is 0.221 e. The molecule has 0 spiro atoms. The van der Waals surface area contributed by atoms with Gasteiger partial charge in [-0.1, -0.05) is 23.7 Å². The van der Waals surface area contributed by atoms with Crippen molar-refractivity contribution >= 4 is 34.5 Å². The monoisotopic (exact) mass is 251 g/mol. The lowest BCUT2D eigenvalue weighted by Gasteiger charge is -2.03. The van der Waals surface area contributed by atoms with E-state index in [1.54, 1.807) is 0 Å². The number of rotatable bonds is 2. The highest BCUT2D eigenvalue weighted by molar-refractivity contribution is 7.19. The maximum Gasteiger partial charge on any atom is 0.221 e. The fraction of sp³-hybridized carbons (Fsp3) is 0.0833. The number of anilines is 1. The molecule has 82 valence electrons. The van der Waals surface area contributed by atoms with Crippen LogP contribution in [-0.4, -0.2) is 5.91 Å². The van der Waals surface area contributed by atoms with Crippen LogP contribution in [-0.2, 0) is 4.79 Å². The summed E-state index contributed by atoms with van der Waals surface area (Å²) in [5, 5.41) is 2.75. The Labute approximate surface area is 103 Å². The van der Waals surface area contributed by atoms with Gasteiger partial charge in [-0.2, -0.15) is 0 Å².